The van der Waals surface area contributed by atoms with Gasteiger partial charge in [0, 0.05) is 17.0 Å². The van der Waals surface area contributed by atoms with Crippen LogP contribution >= 0.6 is 0 Å². The summed E-state index contributed by atoms with van der Waals surface area (Å²) in [6.45, 7) is 4.27. The van der Waals surface area contributed by atoms with Crippen molar-refractivity contribution in [3.63, 3.8) is 0 Å². The largest absolute Gasteiger partial charge is 0.374 e. The van der Waals surface area contributed by atoms with Crippen LogP contribution in [0.5, 0.6) is 0 Å². The summed E-state index contributed by atoms with van der Waals surface area (Å²) < 4.78 is 65.0. The van der Waals surface area contributed by atoms with Crippen LogP contribution < -0.4 is 0 Å². The normalized spacial score (nSPS) is 18.3. The van der Waals surface area contributed by atoms with E-state index in [0.717, 1.165) is 25.7 Å². The summed E-state index contributed by atoms with van der Waals surface area (Å²) in [6.07, 6.45) is 7.58. The second kappa shape index (κ2) is 11.2. The van der Waals surface area contributed by atoms with Gasteiger partial charge in [-0.2, -0.15) is 0 Å². The van der Waals surface area contributed by atoms with E-state index in [1.807, 2.05) is 26.0 Å². The first-order valence-electron chi connectivity index (χ1n) is 12.2. The van der Waals surface area contributed by atoms with Crippen molar-refractivity contribution in [3.05, 3.63) is 95.1 Å². The van der Waals surface area contributed by atoms with Gasteiger partial charge in [-0.3, -0.25) is 0 Å². The van der Waals surface area contributed by atoms with Crippen LogP contribution in [0.2, 0.25) is 0 Å². The molecule has 3 aromatic carbocycles. The highest BCUT2D eigenvalue weighted by molar-refractivity contribution is 5.71. The molecule has 3 aromatic rings. The van der Waals surface area contributed by atoms with Crippen LogP contribution in [-0.2, 0) is 11.2 Å². The summed E-state index contributed by atoms with van der Waals surface area (Å²) in [7, 11) is 0. The lowest BCUT2D eigenvalue weighted by molar-refractivity contribution is 0.0317. The van der Waals surface area contributed by atoms with Gasteiger partial charge in [-0.05, 0) is 54.9 Å². The Bertz CT molecular complexity index is 1190. The van der Waals surface area contributed by atoms with Gasteiger partial charge in [0.05, 0.1) is 12.7 Å². The molecular formula is C30H30F4O. The minimum Gasteiger partial charge on any atom is -0.374 e. The Kier molecular flexibility index (Phi) is 8.07. The molecule has 1 aliphatic rings. The third-order valence-electron chi connectivity index (χ3n) is 6.74. The molecule has 1 fully saturated rings. The zero-order chi connectivity index (χ0) is 24.9. The molecule has 0 N–H and O–H groups in total. The Labute approximate surface area is 204 Å². The van der Waals surface area contributed by atoms with Crippen molar-refractivity contribution in [2.75, 3.05) is 6.61 Å². The summed E-state index contributed by atoms with van der Waals surface area (Å²) in [5.41, 5.74) is 1.89. The van der Waals surface area contributed by atoms with Gasteiger partial charge in [0.1, 0.15) is 0 Å². The molecule has 4 rings (SSSR count). The molecule has 0 radical (unpaired) electrons. The predicted octanol–water partition coefficient (Wildman–Crippen LogP) is 8.76. The maximum atomic E-state index is 15.1. The topological polar surface area (TPSA) is 9.23 Å². The van der Waals surface area contributed by atoms with Crippen molar-refractivity contribution in [1.82, 2.24) is 0 Å². The lowest BCUT2D eigenvalue weighted by Gasteiger charge is -2.28. The lowest BCUT2D eigenvalue weighted by atomic mass is 9.89. The number of rotatable bonds is 7. The zero-order valence-corrected chi connectivity index (χ0v) is 20.1. The quantitative estimate of drug-likeness (QED) is 0.242. The highest BCUT2D eigenvalue weighted by atomic mass is 19.2. The van der Waals surface area contributed by atoms with Crippen molar-refractivity contribution in [3.8, 4) is 22.3 Å². The number of ether oxygens (including phenoxy) is 1. The molecule has 0 saturated carbocycles. The van der Waals surface area contributed by atoms with Crippen LogP contribution in [0.15, 0.2) is 60.7 Å². The molecule has 0 bridgehead atoms. The Hall–Kier alpha value is -2.92. The number of aryl methyl sites for hydroxylation is 1. The van der Waals surface area contributed by atoms with Crippen LogP contribution in [0.1, 0.15) is 56.6 Å². The van der Waals surface area contributed by atoms with E-state index in [0.29, 0.717) is 35.3 Å². The summed E-state index contributed by atoms with van der Waals surface area (Å²) >= 11 is 0. The van der Waals surface area contributed by atoms with E-state index in [1.54, 1.807) is 48.5 Å². The number of hydrogen-bond acceptors (Lipinski definition) is 1. The molecule has 184 valence electrons. The SMILES string of the molecule is C/C=C/C1CCC(c2ccc(-c3ccc(-c4ccc(CCCC)c(F)c4F)cc3)c(F)c2F)CO1. The van der Waals surface area contributed by atoms with Crippen molar-refractivity contribution in [2.45, 2.75) is 58.0 Å². The van der Waals surface area contributed by atoms with Gasteiger partial charge in [0.25, 0.3) is 0 Å². The van der Waals surface area contributed by atoms with Crippen LogP contribution in [0.4, 0.5) is 17.6 Å². The minimum absolute atomic E-state index is 0.0211. The molecule has 1 saturated heterocycles. The molecule has 1 heterocycles. The maximum absolute atomic E-state index is 15.1. The zero-order valence-electron chi connectivity index (χ0n) is 20.1. The van der Waals surface area contributed by atoms with E-state index in [1.165, 1.54) is 0 Å². The van der Waals surface area contributed by atoms with Crippen molar-refractivity contribution in [2.24, 2.45) is 0 Å². The van der Waals surface area contributed by atoms with Crippen LogP contribution in [0.25, 0.3) is 22.3 Å². The first-order valence-corrected chi connectivity index (χ1v) is 12.2. The number of unbranched alkanes of at least 4 members (excludes halogenated alkanes) is 1. The fourth-order valence-electron chi connectivity index (χ4n) is 4.69. The van der Waals surface area contributed by atoms with Gasteiger partial charge >= 0.3 is 0 Å². The van der Waals surface area contributed by atoms with Gasteiger partial charge in [0.2, 0.25) is 0 Å². The summed E-state index contributed by atoms with van der Waals surface area (Å²) in [5.74, 6) is -3.68. The monoisotopic (exact) mass is 482 g/mol. The van der Waals surface area contributed by atoms with E-state index in [2.05, 4.69) is 0 Å². The Morgan fingerprint density at radius 3 is 2.00 bits per heavy atom. The molecule has 5 heteroatoms. The Balaban J connectivity index is 1.55. The number of hydrogen-bond donors (Lipinski definition) is 0. The smallest absolute Gasteiger partial charge is 0.166 e. The molecule has 35 heavy (non-hydrogen) atoms. The molecule has 0 aliphatic carbocycles. The average Bonchev–Trinajstić information content (AvgIpc) is 2.88. The van der Waals surface area contributed by atoms with Crippen molar-refractivity contribution >= 4 is 0 Å². The second-order valence-electron chi connectivity index (χ2n) is 9.08. The standard InChI is InChI=1S/C30H30F4O/c1-3-5-7-21-13-15-24(28(32)27(21)31)19-8-10-20(11-9-19)25-16-17-26(30(34)29(25)33)22-12-14-23(6-4-2)35-18-22/h4,6,8-11,13,15-17,22-23H,3,5,7,12,14,18H2,1-2H3/b6-4+. The van der Waals surface area contributed by atoms with Gasteiger partial charge in [-0.15, -0.1) is 0 Å². The first-order chi connectivity index (χ1) is 16.9. The highest BCUT2D eigenvalue weighted by Gasteiger charge is 2.26. The van der Waals surface area contributed by atoms with E-state index in [-0.39, 0.29) is 23.1 Å². The number of halogens is 4. The van der Waals surface area contributed by atoms with Gasteiger partial charge in [-0.1, -0.05) is 74.0 Å². The molecule has 2 unspecified atom stereocenters. The highest BCUT2D eigenvalue weighted by Crippen LogP contribution is 2.35. The molecular weight excluding hydrogens is 452 g/mol. The van der Waals surface area contributed by atoms with Crippen LogP contribution in [-0.4, -0.2) is 12.7 Å². The van der Waals surface area contributed by atoms with E-state index in [9.17, 15) is 8.78 Å². The summed E-state index contributed by atoms with van der Waals surface area (Å²) in [4.78, 5) is 0. The molecule has 0 spiro atoms. The number of benzene rings is 3. The first kappa shape index (κ1) is 25.2. The summed E-state index contributed by atoms with van der Waals surface area (Å²) in [6, 6.07) is 12.8. The van der Waals surface area contributed by atoms with Crippen LogP contribution in [0, 0.1) is 23.3 Å². The maximum Gasteiger partial charge on any atom is 0.166 e. The number of allylic oxidation sites excluding steroid dienone is 1. The average molecular weight is 483 g/mol. The third-order valence-corrected chi connectivity index (χ3v) is 6.74. The minimum atomic E-state index is -0.914. The molecule has 1 aliphatic heterocycles. The molecule has 2 atom stereocenters. The van der Waals surface area contributed by atoms with Gasteiger partial charge in [-0.25, -0.2) is 17.6 Å². The molecule has 0 amide bonds. The van der Waals surface area contributed by atoms with Gasteiger partial charge < -0.3 is 4.74 Å². The van der Waals surface area contributed by atoms with Gasteiger partial charge in [0.15, 0.2) is 23.3 Å². The van der Waals surface area contributed by atoms with Crippen molar-refractivity contribution < 1.29 is 22.3 Å². The molecule has 0 aromatic heterocycles. The van der Waals surface area contributed by atoms with E-state index in [4.69, 9.17) is 4.74 Å². The molecule has 1 nitrogen and oxygen atoms in total. The lowest BCUT2D eigenvalue weighted by Crippen LogP contribution is -2.24. The Morgan fingerprint density at radius 2 is 1.43 bits per heavy atom. The summed E-state index contributed by atoms with van der Waals surface area (Å²) in [5, 5.41) is 0. The Morgan fingerprint density at radius 1 is 0.800 bits per heavy atom. The van der Waals surface area contributed by atoms with Crippen molar-refractivity contribution in [1.29, 1.82) is 0 Å². The second-order valence-corrected chi connectivity index (χ2v) is 9.08. The fraction of sp³-hybridized carbons (Fsp3) is 0.333. The third kappa shape index (κ3) is 5.35. The van der Waals surface area contributed by atoms with Crippen LogP contribution in [0.3, 0.4) is 0 Å². The predicted molar refractivity (Wildman–Crippen MR) is 132 cm³/mol. The van der Waals surface area contributed by atoms with E-state index < -0.39 is 23.3 Å². The fourth-order valence-corrected chi connectivity index (χ4v) is 4.69. The van der Waals surface area contributed by atoms with E-state index >= 15 is 8.78 Å².